The molecule has 2 N–H and O–H groups in total. The van der Waals surface area contributed by atoms with Gasteiger partial charge in [0.05, 0.1) is 5.56 Å². The largest absolute Gasteiger partial charge is 0.494 e. The summed E-state index contributed by atoms with van der Waals surface area (Å²) < 4.78 is 1.23. The van der Waals surface area contributed by atoms with E-state index in [1.54, 1.807) is 11.3 Å². The lowest BCUT2D eigenvalue weighted by atomic mass is 10.2. The number of aromatic amines is 1. The second-order valence-corrected chi connectivity index (χ2v) is 6.02. The highest BCUT2D eigenvalue weighted by Gasteiger charge is 2.16. The van der Waals surface area contributed by atoms with E-state index in [9.17, 15) is 14.7 Å². The minimum absolute atomic E-state index is 0.161. The van der Waals surface area contributed by atoms with Gasteiger partial charge in [0.2, 0.25) is 5.88 Å². The molecule has 2 aromatic rings. The third kappa shape index (κ3) is 2.63. The van der Waals surface area contributed by atoms with Gasteiger partial charge in [0.15, 0.2) is 0 Å². The van der Waals surface area contributed by atoms with E-state index < -0.39 is 11.2 Å². The second-order valence-electron chi connectivity index (χ2n) is 4.64. The molecule has 1 unspecified atom stereocenters. The minimum Gasteiger partial charge on any atom is -0.494 e. The molecule has 0 aliphatic heterocycles. The maximum absolute atomic E-state index is 11.8. The van der Waals surface area contributed by atoms with Crippen LogP contribution in [0.4, 0.5) is 0 Å². The van der Waals surface area contributed by atoms with Crippen LogP contribution in [0.1, 0.15) is 28.3 Å². The molecular weight excluding hydrogens is 264 g/mol. The molecule has 2 aromatic heterocycles. The van der Waals surface area contributed by atoms with Crippen LogP contribution in [0, 0.1) is 13.8 Å². The van der Waals surface area contributed by atoms with Crippen molar-refractivity contribution in [3.63, 3.8) is 0 Å². The second kappa shape index (κ2) is 5.05. The van der Waals surface area contributed by atoms with Crippen molar-refractivity contribution in [2.75, 3.05) is 0 Å². The summed E-state index contributed by atoms with van der Waals surface area (Å²) in [6, 6.07) is 3.81. The lowest BCUT2D eigenvalue weighted by Crippen LogP contribution is -2.33. The highest BCUT2D eigenvalue weighted by Crippen LogP contribution is 2.23. The smallest absolute Gasteiger partial charge is 0.331 e. The van der Waals surface area contributed by atoms with Crippen molar-refractivity contribution in [1.29, 1.82) is 0 Å². The summed E-state index contributed by atoms with van der Waals surface area (Å²) in [5, 5.41) is 9.96. The average Bonchev–Trinajstić information content (AvgIpc) is 2.72. The lowest BCUT2D eigenvalue weighted by Gasteiger charge is -2.16. The minimum atomic E-state index is -0.575. The van der Waals surface area contributed by atoms with Gasteiger partial charge in [0, 0.05) is 22.2 Å². The quantitative estimate of drug-likeness (QED) is 0.899. The molecule has 0 bridgehead atoms. The van der Waals surface area contributed by atoms with Crippen LogP contribution in [0.15, 0.2) is 21.7 Å². The van der Waals surface area contributed by atoms with Gasteiger partial charge in [-0.2, -0.15) is 0 Å². The average molecular weight is 280 g/mol. The van der Waals surface area contributed by atoms with Crippen molar-refractivity contribution in [1.82, 2.24) is 9.55 Å². The third-order valence-electron chi connectivity index (χ3n) is 3.08. The monoisotopic (exact) mass is 280 g/mol. The molecular formula is C13H16N2O3S. The normalized spacial score (nSPS) is 12.6. The molecule has 5 nitrogen and oxygen atoms in total. The number of rotatable bonds is 3. The first kappa shape index (κ1) is 13.6. The van der Waals surface area contributed by atoms with Crippen molar-refractivity contribution in [2.45, 2.75) is 33.2 Å². The van der Waals surface area contributed by atoms with Gasteiger partial charge >= 0.3 is 5.69 Å². The van der Waals surface area contributed by atoms with Crippen molar-refractivity contribution in [3.8, 4) is 5.88 Å². The number of hydrogen-bond donors (Lipinski definition) is 2. The van der Waals surface area contributed by atoms with Crippen LogP contribution in [0.25, 0.3) is 0 Å². The highest BCUT2D eigenvalue weighted by atomic mass is 32.1. The Morgan fingerprint density at radius 1 is 1.37 bits per heavy atom. The number of aromatic nitrogens is 2. The fourth-order valence-corrected chi connectivity index (χ4v) is 3.03. The fraction of sp³-hybridized carbons (Fsp3) is 0.385. The summed E-state index contributed by atoms with van der Waals surface area (Å²) in [7, 11) is 0. The number of nitrogens with zero attached hydrogens (tertiary/aromatic N) is 1. The summed E-state index contributed by atoms with van der Waals surface area (Å²) in [6.07, 6.45) is 0.636. The number of hydrogen-bond acceptors (Lipinski definition) is 4. The van der Waals surface area contributed by atoms with E-state index in [2.05, 4.69) is 4.98 Å². The zero-order chi connectivity index (χ0) is 14.2. The molecule has 0 aromatic carbocycles. The zero-order valence-electron chi connectivity index (χ0n) is 11.1. The van der Waals surface area contributed by atoms with Gasteiger partial charge in [-0.05, 0) is 32.9 Å². The molecule has 0 amide bonds. The number of aromatic hydroxyl groups is 1. The van der Waals surface area contributed by atoms with Crippen LogP contribution >= 0.6 is 11.3 Å². The number of nitrogens with one attached hydrogen (secondary N) is 1. The first-order chi connectivity index (χ1) is 8.90. The van der Waals surface area contributed by atoms with Gasteiger partial charge < -0.3 is 5.11 Å². The summed E-state index contributed by atoms with van der Waals surface area (Å²) in [6.45, 7) is 5.35. The van der Waals surface area contributed by atoms with Gasteiger partial charge in [-0.15, -0.1) is 11.3 Å². The Hall–Kier alpha value is -1.82. The maximum atomic E-state index is 11.8. The Balaban J connectivity index is 2.39. The molecule has 2 heterocycles. The summed E-state index contributed by atoms with van der Waals surface area (Å²) in [5.41, 5.74) is -0.958. The van der Waals surface area contributed by atoms with Gasteiger partial charge in [-0.3, -0.25) is 14.3 Å². The molecule has 0 saturated carbocycles. The molecule has 0 radical (unpaired) electrons. The maximum Gasteiger partial charge on any atom is 0.331 e. The van der Waals surface area contributed by atoms with Crippen LogP contribution < -0.4 is 11.2 Å². The van der Waals surface area contributed by atoms with Crippen LogP contribution in [-0.2, 0) is 6.42 Å². The Kier molecular flexibility index (Phi) is 3.61. The molecule has 0 aliphatic carbocycles. The predicted octanol–water partition coefficient (Wildman–Crippen LogP) is 1.72. The molecule has 0 saturated heterocycles. The molecule has 0 spiro atoms. The van der Waals surface area contributed by atoms with E-state index >= 15 is 0 Å². The molecule has 102 valence electrons. The lowest BCUT2D eigenvalue weighted by molar-refractivity contribution is 0.367. The summed E-state index contributed by atoms with van der Waals surface area (Å²) in [4.78, 5) is 27.7. The molecule has 2 rings (SSSR count). The van der Waals surface area contributed by atoms with E-state index in [-0.39, 0.29) is 17.5 Å². The summed E-state index contributed by atoms with van der Waals surface area (Å²) in [5.74, 6) is -0.255. The zero-order valence-corrected chi connectivity index (χ0v) is 11.9. The van der Waals surface area contributed by atoms with Gasteiger partial charge in [-0.25, -0.2) is 4.79 Å². The number of aryl methyl sites for hydroxylation is 1. The molecule has 19 heavy (non-hydrogen) atoms. The fourth-order valence-electron chi connectivity index (χ4n) is 2.02. The molecule has 0 aliphatic rings. The van der Waals surface area contributed by atoms with Crippen LogP contribution in [0.2, 0.25) is 0 Å². The molecule has 1 atom stereocenters. The molecule has 0 fully saturated rings. The van der Waals surface area contributed by atoms with E-state index in [0.717, 1.165) is 4.88 Å². The first-order valence-corrected chi connectivity index (χ1v) is 6.81. The Labute approximate surface area is 114 Å². The topological polar surface area (TPSA) is 75.1 Å². The Morgan fingerprint density at radius 3 is 2.63 bits per heavy atom. The standard InChI is InChI=1S/C13H16N2O3S/c1-7(6-10-5-4-8(2)19-10)15-12(17)9(3)11(16)14-13(15)18/h4-5,7,17H,6H2,1-3H3,(H,14,16,18). The third-order valence-corrected chi connectivity index (χ3v) is 4.10. The number of thiophene rings is 1. The van der Waals surface area contributed by atoms with Crippen molar-refractivity contribution in [3.05, 3.63) is 48.3 Å². The Morgan fingerprint density at radius 2 is 2.05 bits per heavy atom. The SMILES string of the molecule is Cc1ccc(CC(C)n2c(O)c(C)c(=O)[nH]c2=O)s1. The summed E-state index contributed by atoms with van der Waals surface area (Å²) >= 11 is 1.66. The van der Waals surface area contributed by atoms with Gasteiger partial charge in [-0.1, -0.05) is 0 Å². The van der Waals surface area contributed by atoms with Crippen LogP contribution in [0.3, 0.4) is 0 Å². The van der Waals surface area contributed by atoms with E-state index in [1.807, 2.05) is 26.0 Å². The number of H-pyrrole nitrogens is 1. The van der Waals surface area contributed by atoms with Gasteiger partial charge in [0.25, 0.3) is 5.56 Å². The van der Waals surface area contributed by atoms with E-state index in [1.165, 1.54) is 16.4 Å². The van der Waals surface area contributed by atoms with Crippen molar-refractivity contribution < 1.29 is 5.11 Å². The van der Waals surface area contributed by atoms with E-state index in [4.69, 9.17) is 0 Å². The Bertz CT molecular complexity index is 711. The predicted molar refractivity (Wildman–Crippen MR) is 75.2 cm³/mol. The van der Waals surface area contributed by atoms with Crippen molar-refractivity contribution >= 4 is 11.3 Å². The first-order valence-electron chi connectivity index (χ1n) is 6.00. The van der Waals surface area contributed by atoms with E-state index in [0.29, 0.717) is 6.42 Å². The molecule has 6 heteroatoms. The van der Waals surface area contributed by atoms with Gasteiger partial charge in [0.1, 0.15) is 0 Å². The van der Waals surface area contributed by atoms with Crippen LogP contribution in [-0.4, -0.2) is 14.7 Å². The van der Waals surface area contributed by atoms with Crippen molar-refractivity contribution in [2.24, 2.45) is 0 Å². The van der Waals surface area contributed by atoms with Crippen LogP contribution in [0.5, 0.6) is 5.88 Å². The highest BCUT2D eigenvalue weighted by molar-refractivity contribution is 7.11.